The minimum atomic E-state index is 0.265. The van der Waals surface area contributed by atoms with Crippen LogP contribution in [0.4, 0.5) is 0 Å². The predicted molar refractivity (Wildman–Crippen MR) is 58.1 cm³/mol. The molecule has 1 atom stereocenters. The lowest BCUT2D eigenvalue weighted by Gasteiger charge is -2.20. The summed E-state index contributed by atoms with van der Waals surface area (Å²) in [6.07, 6.45) is 3.60. The molecule has 3 nitrogen and oxygen atoms in total. The Morgan fingerprint density at radius 3 is 2.93 bits per heavy atom. The number of hydrogen-bond acceptors (Lipinski definition) is 2. The van der Waals surface area contributed by atoms with Gasteiger partial charge in [0.25, 0.3) is 0 Å². The fraction of sp³-hybridized carbons (Fsp3) is 0.909. The molecule has 1 saturated heterocycles. The van der Waals surface area contributed by atoms with Crippen LogP contribution in [0, 0.1) is 5.92 Å². The molecule has 1 unspecified atom stereocenters. The van der Waals surface area contributed by atoms with Gasteiger partial charge in [0, 0.05) is 13.1 Å². The van der Waals surface area contributed by atoms with E-state index in [1.54, 1.807) is 0 Å². The first-order chi connectivity index (χ1) is 6.74. The zero-order valence-electron chi connectivity index (χ0n) is 9.38. The van der Waals surface area contributed by atoms with Gasteiger partial charge in [-0.3, -0.25) is 4.79 Å². The minimum Gasteiger partial charge on any atom is -0.342 e. The van der Waals surface area contributed by atoms with E-state index in [-0.39, 0.29) is 5.91 Å². The SMILES string of the molecule is CCNCC(=O)N1CCCC(C)CC1. The first kappa shape index (κ1) is 11.5. The smallest absolute Gasteiger partial charge is 0.236 e. The third-order valence-electron chi connectivity index (χ3n) is 2.90. The molecule has 0 bridgehead atoms. The Kier molecular flexibility index (Phi) is 4.94. The number of rotatable bonds is 3. The summed E-state index contributed by atoms with van der Waals surface area (Å²) in [6.45, 7) is 7.58. The summed E-state index contributed by atoms with van der Waals surface area (Å²) in [7, 11) is 0. The van der Waals surface area contributed by atoms with Gasteiger partial charge in [0.15, 0.2) is 0 Å². The number of likely N-dealkylation sites (N-methyl/N-ethyl adjacent to an activating group) is 1. The zero-order valence-corrected chi connectivity index (χ0v) is 9.38. The molecule has 0 aromatic rings. The molecular formula is C11H22N2O. The summed E-state index contributed by atoms with van der Waals surface area (Å²) in [6, 6.07) is 0. The Morgan fingerprint density at radius 2 is 2.21 bits per heavy atom. The van der Waals surface area contributed by atoms with E-state index in [4.69, 9.17) is 0 Å². The standard InChI is InChI=1S/C11H22N2O/c1-3-12-9-11(14)13-7-4-5-10(2)6-8-13/h10,12H,3-9H2,1-2H3. The third kappa shape index (κ3) is 3.66. The quantitative estimate of drug-likeness (QED) is 0.740. The number of carbonyl (C=O) groups excluding carboxylic acids is 1. The summed E-state index contributed by atoms with van der Waals surface area (Å²) in [4.78, 5) is 13.7. The Balaban J connectivity index is 2.31. The molecule has 1 heterocycles. The molecule has 1 aliphatic rings. The predicted octanol–water partition coefficient (Wildman–Crippen LogP) is 1.24. The molecule has 0 aromatic heterocycles. The van der Waals surface area contributed by atoms with E-state index in [2.05, 4.69) is 12.2 Å². The number of likely N-dealkylation sites (tertiary alicyclic amines) is 1. The van der Waals surface area contributed by atoms with Crippen LogP contribution < -0.4 is 5.32 Å². The van der Waals surface area contributed by atoms with E-state index in [0.717, 1.165) is 32.0 Å². The number of nitrogens with one attached hydrogen (secondary N) is 1. The fourth-order valence-corrected chi connectivity index (χ4v) is 1.86. The van der Waals surface area contributed by atoms with E-state index in [0.29, 0.717) is 6.54 Å². The summed E-state index contributed by atoms with van der Waals surface area (Å²) < 4.78 is 0. The van der Waals surface area contributed by atoms with Crippen molar-refractivity contribution in [3.05, 3.63) is 0 Å². The minimum absolute atomic E-state index is 0.265. The maximum Gasteiger partial charge on any atom is 0.236 e. The molecule has 1 amide bonds. The lowest BCUT2D eigenvalue weighted by atomic mass is 10.0. The van der Waals surface area contributed by atoms with Crippen LogP contribution in [0.2, 0.25) is 0 Å². The van der Waals surface area contributed by atoms with Crippen LogP contribution in [0.15, 0.2) is 0 Å². The Labute approximate surface area is 86.9 Å². The largest absolute Gasteiger partial charge is 0.342 e. The highest BCUT2D eigenvalue weighted by atomic mass is 16.2. The summed E-state index contributed by atoms with van der Waals surface area (Å²) >= 11 is 0. The van der Waals surface area contributed by atoms with Crippen LogP contribution in [-0.2, 0) is 4.79 Å². The van der Waals surface area contributed by atoms with Gasteiger partial charge >= 0.3 is 0 Å². The maximum absolute atomic E-state index is 11.7. The van der Waals surface area contributed by atoms with Crippen molar-refractivity contribution < 1.29 is 4.79 Å². The Bertz CT molecular complexity index is 182. The van der Waals surface area contributed by atoms with Gasteiger partial charge in [0.1, 0.15) is 0 Å². The normalized spacial score (nSPS) is 23.3. The second-order valence-electron chi connectivity index (χ2n) is 4.20. The maximum atomic E-state index is 11.7. The van der Waals surface area contributed by atoms with Crippen LogP contribution in [-0.4, -0.2) is 37.0 Å². The molecule has 1 rings (SSSR count). The van der Waals surface area contributed by atoms with E-state index in [9.17, 15) is 4.79 Å². The highest BCUT2D eigenvalue weighted by Gasteiger charge is 2.17. The van der Waals surface area contributed by atoms with E-state index < -0.39 is 0 Å². The van der Waals surface area contributed by atoms with Crippen molar-refractivity contribution in [3.8, 4) is 0 Å². The average molecular weight is 198 g/mol. The number of nitrogens with zero attached hydrogens (tertiary/aromatic N) is 1. The topological polar surface area (TPSA) is 32.3 Å². The molecular weight excluding hydrogens is 176 g/mol. The van der Waals surface area contributed by atoms with Crippen molar-refractivity contribution in [3.63, 3.8) is 0 Å². The lowest BCUT2D eigenvalue weighted by Crippen LogP contribution is -2.38. The molecule has 3 heteroatoms. The lowest BCUT2D eigenvalue weighted by molar-refractivity contribution is -0.130. The monoisotopic (exact) mass is 198 g/mol. The second-order valence-corrected chi connectivity index (χ2v) is 4.20. The van der Waals surface area contributed by atoms with E-state index in [1.165, 1.54) is 12.8 Å². The molecule has 1 fully saturated rings. The van der Waals surface area contributed by atoms with Gasteiger partial charge in [-0.05, 0) is 31.7 Å². The van der Waals surface area contributed by atoms with Crippen LogP contribution in [0.1, 0.15) is 33.1 Å². The summed E-state index contributed by atoms with van der Waals surface area (Å²) in [5.41, 5.74) is 0. The fourth-order valence-electron chi connectivity index (χ4n) is 1.86. The number of amides is 1. The van der Waals surface area contributed by atoms with Gasteiger partial charge in [-0.25, -0.2) is 0 Å². The van der Waals surface area contributed by atoms with Gasteiger partial charge in [-0.15, -0.1) is 0 Å². The summed E-state index contributed by atoms with van der Waals surface area (Å²) in [5.74, 6) is 1.05. The first-order valence-corrected chi connectivity index (χ1v) is 5.72. The van der Waals surface area contributed by atoms with Crippen molar-refractivity contribution in [2.24, 2.45) is 5.92 Å². The molecule has 82 valence electrons. The van der Waals surface area contributed by atoms with Gasteiger partial charge in [-0.1, -0.05) is 13.8 Å². The van der Waals surface area contributed by atoms with E-state index in [1.807, 2.05) is 11.8 Å². The van der Waals surface area contributed by atoms with Gasteiger partial charge in [-0.2, -0.15) is 0 Å². The van der Waals surface area contributed by atoms with Crippen LogP contribution in [0.3, 0.4) is 0 Å². The molecule has 0 aromatic carbocycles. The zero-order chi connectivity index (χ0) is 10.4. The van der Waals surface area contributed by atoms with Crippen molar-refractivity contribution >= 4 is 5.91 Å². The van der Waals surface area contributed by atoms with Crippen LogP contribution >= 0.6 is 0 Å². The molecule has 0 radical (unpaired) electrons. The van der Waals surface area contributed by atoms with Crippen molar-refractivity contribution in [1.29, 1.82) is 0 Å². The molecule has 0 saturated carbocycles. The van der Waals surface area contributed by atoms with Gasteiger partial charge < -0.3 is 10.2 Å². The van der Waals surface area contributed by atoms with Crippen molar-refractivity contribution in [2.75, 3.05) is 26.2 Å². The molecule has 1 aliphatic heterocycles. The summed E-state index contributed by atoms with van der Waals surface area (Å²) in [5, 5.41) is 3.09. The van der Waals surface area contributed by atoms with Gasteiger partial charge in [0.2, 0.25) is 5.91 Å². The van der Waals surface area contributed by atoms with E-state index >= 15 is 0 Å². The number of hydrogen-bond donors (Lipinski definition) is 1. The van der Waals surface area contributed by atoms with Crippen LogP contribution in [0.25, 0.3) is 0 Å². The Morgan fingerprint density at radius 1 is 1.43 bits per heavy atom. The molecule has 0 spiro atoms. The van der Waals surface area contributed by atoms with Crippen molar-refractivity contribution in [2.45, 2.75) is 33.1 Å². The highest BCUT2D eigenvalue weighted by molar-refractivity contribution is 5.78. The Hall–Kier alpha value is -0.570. The molecule has 0 aliphatic carbocycles. The molecule has 14 heavy (non-hydrogen) atoms. The second kappa shape index (κ2) is 6.02. The molecule has 1 N–H and O–H groups in total. The van der Waals surface area contributed by atoms with Gasteiger partial charge in [0.05, 0.1) is 6.54 Å². The average Bonchev–Trinajstić information content (AvgIpc) is 2.39. The number of carbonyl (C=O) groups is 1. The third-order valence-corrected chi connectivity index (χ3v) is 2.90. The first-order valence-electron chi connectivity index (χ1n) is 5.72. The van der Waals surface area contributed by atoms with Crippen molar-refractivity contribution in [1.82, 2.24) is 10.2 Å². The van der Waals surface area contributed by atoms with Crippen LogP contribution in [0.5, 0.6) is 0 Å². The highest BCUT2D eigenvalue weighted by Crippen LogP contribution is 2.16.